The van der Waals surface area contributed by atoms with Crippen LogP contribution in [0.4, 0.5) is 0 Å². The van der Waals surface area contributed by atoms with E-state index in [4.69, 9.17) is 11.6 Å². The molecule has 122 valence electrons. The summed E-state index contributed by atoms with van der Waals surface area (Å²) in [5, 5.41) is 2.08. The zero-order valence-corrected chi connectivity index (χ0v) is 14.5. The topological polar surface area (TPSA) is 21.1 Å². The summed E-state index contributed by atoms with van der Waals surface area (Å²) in [6.45, 7) is 2.17. The SMILES string of the molecule is CN1CCc2c(n(C=Cc3cccnc3)c3ccc(Cl)cc23)CC1. The van der Waals surface area contributed by atoms with Crippen LogP contribution in [0.15, 0.2) is 42.7 Å². The van der Waals surface area contributed by atoms with Crippen LogP contribution in [0.5, 0.6) is 0 Å². The van der Waals surface area contributed by atoms with Crippen LogP contribution in [0.25, 0.3) is 23.2 Å². The fraction of sp³-hybridized carbons (Fsp3) is 0.250. The Morgan fingerprint density at radius 2 is 2.04 bits per heavy atom. The Morgan fingerprint density at radius 3 is 2.88 bits per heavy atom. The Balaban J connectivity index is 1.86. The molecule has 0 unspecified atom stereocenters. The van der Waals surface area contributed by atoms with E-state index in [2.05, 4.69) is 52.0 Å². The van der Waals surface area contributed by atoms with Gasteiger partial charge in [-0.15, -0.1) is 0 Å². The number of pyridine rings is 1. The molecule has 0 amide bonds. The molecule has 3 nitrogen and oxygen atoms in total. The van der Waals surface area contributed by atoms with Gasteiger partial charge >= 0.3 is 0 Å². The first kappa shape index (κ1) is 15.4. The Morgan fingerprint density at radius 1 is 1.17 bits per heavy atom. The molecule has 24 heavy (non-hydrogen) atoms. The van der Waals surface area contributed by atoms with E-state index in [1.165, 1.54) is 22.2 Å². The van der Waals surface area contributed by atoms with Crippen LogP contribution < -0.4 is 0 Å². The third-order valence-electron chi connectivity index (χ3n) is 4.76. The molecule has 0 fully saturated rings. The lowest BCUT2D eigenvalue weighted by Gasteiger charge is -2.12. The van der Waals surface area contributed by atoms with Crippen molar-refractivity contribution in [1.29, 1.82) is 0 Å². The molecular formula is C20H20ClN3. The number of benzene rings is 1. The first-order chi connectivity index (χ1) is 11.7. The molecule has 4 heteroatoms. The van der Waals surface area contributed by atoms with Gasteiger partial charge in [-0.25, -0.2) is 0 Å². The van der Waals surface area contributed by atoms with E-state index in [1.54, 1.807) is 6.20 Å². The molecule has 2 aromatic heterocycles. The normalized spacial score (nSPS) is 15.8. The van der Waals surface area contributed by atoms with Crippen molar-refractivity contribution in [3.8, 4) is 0 Å². The van der Waals surface area contributed by atoms with Crippen molar-refractivity contribution in [1.82, 2.24) is 14.5 Å². The number of halogens is 1. The maximum absolute atomic E-state index is 6.27. The summed E-state index contributed by atoms with van der Waals surface area (Å²) < 4.78 is 2.33. The summed E-state index contributed by atoms with van der Waals surface area (Å²) in [5.74, 6) is 0. The average Bonchev–Trinajstić information content (AvgIpc) is 2.74. The van der Waals surface area contributed by atoms with Crippen molar-refractivity contribution in [2.75, 3.05) is 20.1 Å². The second-order valence-corrected chi connectivity index (χ2v) is 6.80. The molecule has 4 rings (SSSR count). The molecule has 0 bridgehead atoms. The smallest absolute Gasteiger partial charge is 0.0529 e. The summed E-state index contributed by atoms with van der Waals surface area (Å²) in [4.78, 5) is 6.58. The van der Waals surface area contributed by atoms with Gasteiger partial charge in [0.1, 0.15) is 0 Å². The lowest BCUT2D eigenvalue weighted by molar-refractivity contribution is 0.351. The van der Waals surface area contributed by atoms with Gasteiger partial charge in [-0.2, -0.15) is 0 Å². The third kappa shape index (κ3) is 2.85. The molecule has 1 aromatic carbocycles. The zero-order valence-electron chi connectivity index (χ0n) is 13.7. The highest BCUT2D eigenvalue weighted by Crippen LogP contribution is 2.31. The minimum absolute atomic E-state index is 0.802. The van der Waals surface area contributed by atoms with Crippen molar-refractivity contribution in [3.05, 3.63) is 64.6 Å². The number of fused-ring (bicyclic) bond motifs is 3. The molecule has 1 aliphatic heterocycles. The molecule has 0 aliphatic carbocycles. The first-order valence-corrected chi connectivity index (χ1v) is 8.68. The number of aromatic nitrogens is 2. The highest BCUT2D eigenvalue weighted by atomic mass is 35.5. The minimum Gasteiger partial charge on any atom is -0.320 e. The molecule has 3 aromatic rings. The maximum atomic E-state index is 6.27. The maximum Gasteiger partial charge on any atom is 0.0529 e. The first-order valence-electron chi connectivity index (χ1n) is 8.30. The number of hydrogen-bond acceptors (Lipinski definition) is 2. The minimum atomic E-state index is 0.802. The lowest BCUT2D eigenvalue weighted by atomic mass is 10.1. The number of hydrogen-bond donors (Lipinski definition) is 0. The Hall–Kier alpha value is -2.10. The summed E-state index contributed by atoms with van der Waals surface area (Å²) in [7, 11) is 2.19. The van der Waals surface area contributed by atoms with Crippen LogP contribution >= 0.6 is 11.6 Å². The van der Waals surface area contributed by atoms with Gasteiger partial charge in [0.15, 0.2) is 0 Å². The molecule has 0 radical (unpaired) electrons. The van der Waals surface area contributed by atoms with Crippen molar-refractivity contribution >= 4 is 34.8 Å². The van der Waals surface area contributed by atoms with Crippen molar-refractivity contribution in [2.24, 2.45) is 0 Å². The third-order valence-corrected chi connectivity index (χ3v) is 4.99. The number of rotatable bonds is 2. The van der Waals surface area contributed by atoms with E-state index in [9.17, 15) is 0 Å². The molecule has 0 atom stereocenters. The van der Waals surface area contributed by atoms with Crippen LogP contribution in [-0.2, 0) is 12.8 Å². The average molecular weight is 338 g/mol. The molecule has 0 saturated heterocycles. The van der Waals surface area contributed by atoms with E-state index >= 15 is 0 Å². The van der Waals surface area contributed by atoms with Gasteiger partial charge in [0.05, 0.1) is 5.52 Å². The standard InChI is InChI=1S/C20H20ClN3/c1-23-10-7-17-18-13-16(21)4-5-19(18)24(20(17)8-11-23)12-6-15-3-2-9-22-14-15/h2-6,9,12-14H,7-8,10-11H2,1H3. The monoisotopic (exact) mass is 337 g/mol. The van der Waals surface area contributed by atoms with Crippen LogP contribution in [0.1, 0.15) is 16.8 Å². The predicted molar refractivity (Wildman–Crippen MR) is 101 cm³/mol. The van der Waals surface area contributed by atoms with E-state index < -0.39 is 0 Å². The largest absolute Gasteiger partial charge is 0.320 e. The number of nitrogens with zero attached hydrogens (tertiary/aromatic N) is 3. The molecule has 1 aliphatic rings. The zero-order chi connectivity index (χ0) is 16.5. The fourth-order valence-electron chi connectivity index (χ4n) is 3.47. The van der Waals surface area contributed by atoms with E-state index in [-0.39, 0.29) is 0 Å². The quantitative estimate of drug-likeness (QED) is 0.693. The van der Waals surface area contributed by atoms with Crippen molar-refractivity contribution in [3.63, 3.8) is 0 Å². The fourth-order valence-corrected chi connectivity index (χ4v) is 3.65. The van der Waals surface area contributed by atoms with Gasteiger partial charge in [-0.05, 0) is 54.9 Å². The lowest BCUT2D eigenvalue weighted by Crippen LogP contribution is -2.21. The van der Waals surface area contributed by atoms with Crippen molar-refractivity contribution in [2.45, 2.75) is 12.8 Å². The van der Waals surface area contributed by atoms with Gasteiger partial charge in [-0.1, -0.05) is 17.7 Å². The van der Waals surface area contributed by atoms with Gasteiger partial charge in [0.2, 0.25) is 0 Å². The van der Waals surface area contributed by atoms with E-state index in [1.807, 2.05) is 18.3 Å². The summed E-state index contributed by atoms with van der Waals surface area (Å²) >= 11 is 6.27. The molecule has 0 N–H and O–H groups in total. The Kier molecular flexibility index (Phi) is 4.13. The molecule has 3 heterocycles. The second-order valence-electron chi connectivity index (χ2n) is 6.36. The van der Waals surface area contributed by atoms with Gasteiger partial charge < -0.3 is 9.47 Å². The number of likely N-dealkylation sites (N-methyl/N-ethyl adjacent to an activating group) is 1. The molecule has 0 spiro atoms. The summed E-state index contributed by atoms with van der Waals surface area (Å²) in [6.07, 6.45) is 10.1. The molecule has 0 saturated carbocycles. The highest BCUT2D eigenvalue weighted by Gasteiger charge is 2.19. The predicted octanol–water partition coefficient (Wildman–Crippen LogP) is 4.35. The van der Waals surface area contributed by atoms with Gasteiger partial charge in [0, 0.05) is 54.2 Å². The molecular weight excluding hydrogens is 318 g/mol. The van der Waals surface area contributed by atoms with E-state index in [0.717, 1.165) is 36.5 Å². The highest BCUT2D eigenvalue weighted by molar-refractivity contribution is 6.31. The van der Waals surface area contributed by atoms with Gasteiger partial charge in [-0.3, -0.25) is 4.98 Å². The Bertz CT molecular complexity index is 896. The second kappa shape index (κ2) is 6.42. The van der Waals surface area contributed by atoms with E-state index in [0.29, 0.717) is 0 Å². The summed E-state index contributed by atoms with van der Waals surface area (Å²) in [5.41, 5.74) is 5.17. The van der Waals surface area contributed by atoms with Crippen LogP contribution in [-0.4, -0.2) is 34.6 Å². The van der Waals surface area contributed by atoms with Crippen LogP contribution in [0, 0.1) is 0 Å². The van der Waals surface area contributed by atoms with Gasteiger partial charge in [0.25, 0.3) is 0 Å². The summed E-state index contributed by atoms with van der Waals surface area (Å²) in [6, 6.07) is 10.2. The Labute approximate surface area is 147 Å². The van der Waals surface area contributed by atoms with Crippen molar-refractivity contribution < 1.29 is 0 Å². The van der Waals surface area contributed by atoms with Crippen LogP contribution in [0.2, 0.25) is 5.02 Å². The van der Waals surface area contributed by atoms with Crippen LogP contribution in [0.3, 0.4) is 0 Å².